The van der Waals surface area contributed by atoms with Gasteiger partial charge in [-0.15, -0.1) is 0 Å². The van der Waals surface area contributed by atoms with E-state index in [0.717, 1.165) is 58.2 Å². The van der Waals surface area contributed by atoms with Gasteiger partial charge >= 0.3 is 5.97 Å². The fourth-order valence-corrected chi connectivity index (χ4v) is 11.1. The van der Waals surface area contributed by atoms with Gasteiger partial charge < -0.3 is 15.2 Å². The molecule has 2 N–H and O–H groups in total. The van der Waals surface area contributed by atoms with E-state index in [2.05, 4.69) is 68.4 Å². The van der Waals surface area contributed by atoms with Crippen molar-refractivity contribution in [2.45, 2.75) is 152 Å². The predicted molar refractivity (Wildman–Crippen MR) is 237 cm³/mol. The molecule has 1 aromatic carbocycles. The second-order valence-electron chi connectivity index (χ2n) is 15.5. The third kappa shape index (κ3) is 18.8. The first-order valence-electron chi connectivity index (χ1n) is 20.5. The predicted octanol–water partition coefficient (Wildman–Crippen LogP) is 9.53. The van der Waals surface area contributed by atoms with Crippen molar-refractivity contribution in [3.63, 3.8) is 0 Å². The zero-order valence-electron chi connectivity index (χ0n) is 35.3. The summed E-state index contributed by atoms with van der Waals surface area (Å²) in [6, 6.07) is 6.80. The number of likely N-dealkylation sites (tertiary alicyclic amines) is 1. The molecule has 1 aliphatic carbocycles. The van der Waals surface area contributed by atoms with Crippen LogP contribution < -0.4 is 5.32 Å². The van der Waals surface area contributed by atoms with E-state index >= 15 is 0 Å². The van der Waals surface area contributed by atoms with E-state index in [1.54, 1.807) is 19.3 Å². The SMILES string of the molecule is CCCC(C)SC(C)CC.C\C=C/C(C(=O)NC(CCS(C)(=O)=O)C(=O)O)=C(\C=C(/C)CN1C[C@@H](SC2CCCCCC2)C[C@H]1COC)c1ccccc1C. The first kappa shape index (κ1) is 49.1. The molecule has 1 saturated carbocycles. The third-order valence-electron chi connectivity index (χ3n) is 10.3. The maximum Gasteiger partial charge on any atom is 0.326 e. The molecule has 0 bridgehead atoms. The van der Waals surface area contributed by atoms with Crippen LogP contribution in [0, 0.1) is 6.92 Å². The highest BCUT2D eigenvalue weighted by atomic mass is 32.2. The number of hydrogen-bond acceptors (Lipinski definition) is 8. The van der Waals surface area contributed by atoms with Gasteiger partial charge in [-0.3, -0.25) is 9.69 Å². The molecule has 3 unspecified atom stereocenters. The number of thioether (sulfide) groups is 2. The molecule has 0 spiro atoms. The van der Waals surface area contributed by atoms with Crippen molar-refractivity contribution in [2.75, 3.05) is 38.8 Å². The van der Waals surface area contributed by atoms with E-state index in [0.29, 0.717) is 29.0 Å². The first-order valence-corrected chi connectivity index (χ1v) is 24.4. The number of carbonyl (C=O) groups is 2. The van der Waals surface area contributed by atoms with E-state index in [-0.39, 0.29) is 12.2 Å². The van der Waals surface area contributed by atoms with Crippen molar-refractivity contribution in [3.05, 3.63) is 64.8 Å². The number of rotatable bonds is 20. The molecular weight excluding hydrogens is 749 g/mol. The fraction of sp³-hybridized carbons (Fsp3) is 0.682. The van der Waals surface area contributed by atoms with E-state index < -0.39 is 27.8 Å². The molecule has 55 heavy (non-hydrogen) atoms. The Hall–Kier alpha value is -2.05. The lowest BCUT2D eigenvalue weighted by atomic mass is 9.93. The van der Waals surface area contributed by atoms with Crippen molar-refractivity contribution in [1.82, 2.24) is 10.2 Å². The highest BCUT2D eigenvalue weighted by Gasteiger charge is 2.34. The van der Waals surface area contributed by atoms with Gasteiger partial charge in [0.15, 0.2) is 0 Å². The Bertz CT molecular complexity index is 1520. The topological polar surface area (TPSA) is 113 Å². The summed E-state index contributed by atoms with van der Waals surface area (Å²) >= 11 is 4.29. The quantitative estimate of drug-likeness (QED) is 0.0755. The lowest BCUT2D eigenvalue weighted by molar-refractivity contribution is -0.141. The van der Waals surface area contributed by atoms with Gasteiger partial charge in [-0.05, 0) is 76.0 Å². The molecule has 1 heterocycles. The Morgan fingerprint density at radius 1 is 1.05 bits per heavy atom. The number of carbonyl (C=O) groups excluding carboxylic acids is 1. The van der Waals surface area contributed by atoms with Gasteiger partial charge in [0.1, 0.15) is 15.9 Å². The summed E-state index contributed by atoms with van der Waals surface area (Å²) in [5.41, 5.74) is 3.96. The van der Waals surface area contributed by atoms with Gasteiger partial charge in [-0.25, -0.2) is 13.2 Å². The molecule has 3 rings (SSSR count). The summed E-state index contributed by atoms with van der Waals surface area (Å²) in [5.74, 6) is -2.17. The molecule has 0 radical (unpaired) electrons. The molecule has 11 heteroatoms. The molecule has 312 valence electrons. The largest absolute Gasteiger partial charge is 0.480 e. The van der Waals surface area contributed by atoms with Gasteiger partial charge in [-0.2, -0.15) is 23.5 Å². The molecule has 1 saturated heterocycles. The number of aryl methyl sites for hydroxylation is 1. The van der Waals surface area contributed by atoms with E-state index in [4.69, 9.17) is 4.74 Å². The number of aliphatic carboxylic acids is 1. The van der Waals surface area contributed by atoms with Crippen LogP contribution in [0.3, 0.4) is 0 Å². The average molecular weight is 821 g/mol. The number of carboxylic acids is 1. The van der Waals surface area contributed by atoms with Crippen molar-refractivity contribution < 1.29 is 27.9 Å². The second kappa shape index (κ2) is 26.1. The number of amides is 1. The van der Waals surface area contributed by atoms with E-state index in [1.165, 1.54) is 57.8 Å². The highest BCUT2D eigenvalue weighted by Crippen LogP contribution is 2.37. The fourth-order valence-electron chi connectivity index (χ4n) is 7.28. The maximum absolute atomic E-state index is 13.7. The number of hydrogen-bond donors (Lipinski definition) is 2. The minimum atomic E-state index is -3.40. The number of allylic oxidation sites excluding steroid dienone is 3. The van der Waals surface area contributed by atoms with Gasteiger partial charge in [0.25, 0.3) is 5.91 Å². The standard InChI is InChI=1S/C35H52N2O6S2.C9H20S/c1-6-13-31(34(38)36-33(35(39)40)18-19-45(5,41)42)32(30-17-12-11-14-26(30)3)20-25(2)22-37-23-29(21-27(37)24-43-4)44-28-15-9-7-8-10-16-28;1-5-7-9(4)10-8(3)6-2/h6,11-14,17,20,27-29,33H,7-10,15-16,18-19,21-24H2,1-5H3,(H,36,38)(H,39,40);8-9H,5-7H2,1-4H3/b13-6-,25-20+,32-31-;/t27-,29-,33?;/m0./s1. The van der Waals surface area contributed by atoms with Crippen LogP contribution >= 0.6 is 23.5 Å². The van der Waals surface area contributed by atoms with Crippen molar-refractivity contribution in [1.29, 1.82) is 0 Å². The molecule has 2 fully saturated rings. The Morgan fingerprint density at radius 3 is 2.29 bits per heavy atom. The third-order valence-corrected chi connectivity index (χ3v) is 14.4. The summed E-state index contributed by atoms with van der Waals surface area (Å²) in [6.45, 7) is 17.4. The molecule has 8 nitrogen and oxygen atoms in total. The Balaban J connectivity index is 0.000000915. The lowest BCUT2D eigenvalue weighted by Crippen LogP contribution is -2.42. The second-order valence-corrected chi connectivity index (χ2v) is 21.3. The molecule has 1 amide bonds. The van der Waals surface area contributed by atoms with Gasteiger partial charge in [0, 0.05) is 59.1 Å². The van der Waals surface area contributed by atoms with Gasteiger partial charge in [0.05, 0.1) is 12.4 Å². The molecule has 0 aromatic heterocycles. The minimum Gasteiger partial charge on any atom is -0.480 e. The highest BCUT2D eigenvalue weighted by molar-refractivity contribution is 8.00. The molecule has 2 aliphatic rings. The molecule has 1 aromatic rings. The first-order chi connectivity index (χ1) is 26.1. The number of nitrogens with one attached hydrogen (secondary N) is 1. The van der Waals surface area contributed by atoms with E-state index in [9.17, 15) is 23.1 Å². The summed E-state index contributed by atoms with van der Waals surface area (Å²) in [7, 11) is -1.64. The average Bonchev–Trinajstić information content (AvgIpc) is 3.29. The normalized spacial score (nSPS) is 20.9. The molecule has 1 aliphatic heterocycles. The van der Waals surface area contributed by atoms with Crippen LogP contribution in [0.4, 0.5) is 0 Å². The molecule has 5 atom stereocenters. The lowest BCUT2D eigenvalue weighted by Gasteiger charge is -2.24. The molecular formula is C44H72N2O6S3. The van der Waals surface area contributed by atoms with Crippen LogP contribution in [0.5, 0.6) is 0 Å². The number of methoxy groups -OCH3 is 1. The van der Waals surface area contributed by atoms with Crippen molar-refractivity contribution >= 4 is 50.8 Å². The van der Waals surface area contributed by atoms with Crippen molar-refractivity contribution in [3.8, 4) is 0 Å². The number of nitrogens with zero attached hydrogens (tertiary/aromatic N) is 1. The Labute approximate surface area is 343 Å². The van der Waals surface area contributed by atoms with Crippen LogP contribution in [0.2, 0.25) is 0 Å². The van der Waals surface area contributed by atoms with Crippen LogP contribution in [0.15, 0.2) is 53.6 Å². The number of benzene rings is 1. The smallest absolute Gasteiger partial charge is 0.326 e. The van der Waals surface area contributed by atoms with Crippen molar-refractivity contribution in [2.24, 2.45) is 0 Å². The minimum absolute atomic E-state index is 0.215. The summed E-state index contributed by atoms with van der Waals surface area (Å²) < 4.78 is 29.1. The van der Waals surface area contributed by atoms with Crippen LogP contribution in [-0.4, -0.2) is 102 Å². The van der Waals surface area contributed by atoms with Crippen LogP contribution in [0.1, 0.15) is 123 Å². The van der Waals surface area contributed by atoms with Crippen LogP contribution in [-0.2, 0) is 24.2 Å². The summed E-state index contributed by atoms with van der Waals surface area (Å²) in [4.78, 5) is 28.2. The Kier molecular flexibility index (Phi) is 23.3. The number of ether oxygens (including phenoxy) is 1. The zero-order chi connectivity index (χ0) is 41.0. The van der Waals surface area contributed by atoms with E-state index in [1.807, 2.05) is 44.2 Å². The monoisotopic (exact) mass is 820 g/mol. The summed E-state index contributed by atoms with van der Waals surface area (Å²) in [6.07, 6.45) is 19.4. The summed E-state index contributed by atoms with van der Waals surface area (Å²) in [5, 5.41) is 15.4. The van der Waals surface area contributed by atoms with Gasteiger partial charge in [-0.1, -0.05) is 108 Å². The number of sulfone groups is 1. The number of carboxylic acid groups (broad SMARTS) is 1. The van der Waals surface area contributed by atoms with Crippen LogP contribution in [0.25, 0.3) is 5.57 Å². The maximum atomic E-state index is 13.7. The van der Waals surface area contributed by atoms with Gasteiger partial charge in [0.2, 0.25) is 0 Å². The Morgan fingerprint density at radius 2 is 1.73 bits per heavy atom. The zero-order valence-corrected chi connectivity index (χ0v) is 37.7.